The third kappa shape index (κ3) is 5.41. The van der Waals surface area contributed by atoms with Crippen LogP contribution in [0.1, 0.15) is 43.9 Å². The van der Waals surface area contributed by atoms with Crippen molar-refractivity contribution in [2.24, 2.45) is 5.73 Å². The first-order valence-electron chi connectivity index (χ1n) is 7.97. The summed E-state index contributed by atoms with van der Waals surface area (Å²) in [4.78, 5) is 15.7. The molecule has 1 aromatic rings. The number of nitrogens with one attached hydrogen (secondary N) is 1. The van der Waals surface area contributed by atoms with Gasteiger partial charge in [-0.25, -0.2) is 0 Å². The van der Waals surface area contributed by atoms with Gasteiger partial charge >= 0.3 is 0 Å². The number of carbonyl (C=O) groups excluding carboxylic acids is 1. The Hall–Kier alpha value is -0.910. The molecule has 118 valence electrons. The molecule has 1 saturated carbocycles. The molecule has 0 saturated heterocycles. The molecule has 0 atom stereocenters. The number of nitrogens with zero attached hydrogens (tertiary/aromatic N) is 1. The fraction of sp³-hybridized carbons (Fsp3) is 0.688. The average molecular weight is 309 g/mol. The van der Waals surface area contributed by atoms with Gasteiger partial charge in [0, 0.05) is 17.0 Å². The summed E-state index contributed by atoms with van der Waals surface area (Å²) < 4.78 is 0. The molecule has 0 bridgehead atoms. The van der Waals surface area contributed by atoms with Crippen molar-refractivity contribution in [2.45, 2.75) is 57.7 Å². The number of amides is 1. The molecule has 1 fully saturated rings. The van der Waals surface area contributed by atoms with E-state index in [9.17, 15) is 4.79 Å². The zero-order valence-electron chi connectivity index (χ0n) is 12.9. The van der Waals surface area contributed by atoms with Crippen molar-refractivity contribution >= 4 is 17.2 Å². The number of thiophene rings is 1. The summed E-state index contributed by atoms with van der Waals surface area (Å²) in [6, 6.07) is 4.95. The minimum atomic E-state index is 0.131. The summed E-state index contributed by atoms with van der Waals surface area (Å²) in [6.07, 6.45) is 5.50. The van der Waals surface area contributed by atoms with E-state index >= 15 is 0 Å². The maximum absolute atomic E-state index is 12.2. The maximum atomic E-state index is 12.2. The standard InChI is InChI=1S/C16H27N3OS/c1-2-9-19(14-7-5-13(17)6-8-14)12-16(20)18-11-15-4-3-10-21-15/h3-4,10,13-14H,2,5-9,11-12,17H2,1H3,(H,18,20). The van der Waals surface area contributed by atoms with Crippen molar-refractivity contribution in [2.75, 3.05) is 13.1 Å². The van der Waals surface area contributed by atoms with Gasteiger partial charge in [0.15, 0.2) is 0 Å². The van der Waals surface area contributed by atoms with Crippen LogP contribution in [0.25, 0.3) is 0 Å². The summed E-state index contributed by atoms with van der Waals surface area (Å²) in [7, 11) is 0. The molecule has 3 N–H and O–H groups in total. The van der Waals surface area contributed by atoms with E-state index in [4.69, 9.17) is 5.73 Å². The average Bonchev–Trinajstić information content (AvgIpc) is 2.99. The summed E-state index contributed by atoms with van der Waals surface area (Å²) in [5.74, 6) is 0.131. The van der Waals surface area contributed by atoms with Gasteiger partial charge in [0.25, 0.3) is 0 Å². The normalized spacial score (nSPS) is 22.4. The van der Waals surface area contributed by atoms with Gasteiger partial charge < -0.3 is 11.1 Å². The molecule has 5 heteroatoms. The van der Waals surface area contributed by atoms with Crippen molar-refractivity contribution < 1.29 is 4.79 Å². The first kappa shape index (κ1) is 16.5. The van der Waals surface area contributed by atoms with Gasteiger partial charge in [0.1, 0.15) is 0 Å². The van der Waals surface area contributed by atoms with Crippen LogP contribution in [-0.4, -0.2) is 36.0 Å². The van der Waals surface area contributed by atoms with Crippen LogP contribution < -0.4 is 11.1 Å². The van der Waals surface area contributed by atoms with Gasteiger partial charge in [0.05, 0.1) is 13.1 Å². The van der Waals surface area contributed by atoms with Crippen molar-refractivity contribution in [3.05, 3.63) is 22.4 Å². The lowest BCUT2D eigenvalue weighted by molar-refractivity contribution is -0.123. The molecule has 1 amide bonds. The first-order valence-corrected chi connectivity index (χ1v) is 8.85. The minimum Gasteiger partial charge on any atom is -0.350 e. The van der Waals surface area contributed by atoms with Crippen LogP contribution >= 0.6 is 11.3 Å². The zero-order chi connectivity index (χ0) is 15.1. The fourth-order valence-corrected chi connectivity index (χ4v) is 3.63. The van der Waals surface area contributed by atoms with E-state index < -0.39 is 0 Å². The molecule has 21 heavy (non-hydrogen) atoms. The Bertz CT molecular complexity index is 413. The van der Waals surface area contributed by atoms with Crippen molar-refractivity contribution in [1.82, 2.24) is 10.2 Å². The third-order valence-electron chi connectivity index (χ3n) is 4.16. The van der Waals surface area contributed by atoms with Gasteiger partial charge in [-0.15, -0.1) is 11.3 Å². The van der Waals surface area contributed by atoms with Crippen LogP contribution in [0.5, 0.6) is 0 Å². The Kier molecular flexibility index (Phi) is 6.67. The van der Waals surface area contributed by atoms with Gasteiger partial charge in [-0.1, -0.05) is 13.0 Å². The highest BCUT2D eigenvalue weighted by Crippen LogP contribution is 2.22. The molecule has 2 rings (SSSR count). The molecule has 1 aromatic heterocycles. The molecule has 4 nitrogen and oxygen atoms in total. The molecule has 0 radical (unpaired) electrons. The lowest BCUT2D eigenvalue weighted by Crippen LogP contribution is -2.46. The van der Waals surface area contributed by atoms with Crippen LogP contribution in [0, 0.1) is 0 Å². The highest BCUT2D eigenvalue weighted by Gasteiger charge is 2.25. The van der Waals surface area contributed by atoms with Crippen molar-refractivity contribution in [3.63, 3.8) is 0 Å². The number of nitrogens with two attached hydrogens (primary N) is 1. The highest BCUT2D eigenvalue weighted by molar-refractivity contribution is 7.09. The molecule has 0 unspecified atom stereocenters. The van der Waals surface area contributed by atoms with E-state index in [-0.39, 0.29) is 5.91 Å². The Morgan fingerprint density at radius 2 is 2.19 bits per heavy atom. The molecule has 1 aliphatic rings. The lowest BCUT2D eigenvalue weighted by Gasteiger charge is -2.35. The molecule has 0 aromatic carbocycles. The first-order chi connectivity index (χ1) is 10.2. The predicted molar refractivity (Wildman–Crippen MR) is 88.3 cm³/mol. The van der Waals surface area contributed by atoms with Crippen LogP contribution in [0.4, 0.5) is 0 Å². The summed E-state index contributed by atoms with van der Waals surface area (Å²) in [5, 5.41) is 5.06. The Morgan fingerprint density at radius 3 is 2.81 bits per heavy atom. The number of carbonyl (C=O) groups is 1. The van der Waals surface area contributed by atoms with E-state index in [0.717, 1.165) is 38.6 Å². The lowest BCUT2D eigenvalue weighted by atomic mass is 9.90. The van der Waals surface area contributed by atoms with Gasteiger partial charge in [0.2, 0.25) is 5.91 Å². The molecule has 1 aliphatic carbocycles. The van der Waals surface area contributed by atoms with E-state index in [2.05, 4.69) is 23.2 Å². The quantitative estimate of drug-likeness (QED) is 0.813. The molecular weight excluding hydrogens is 282 g/mol. The Balaban J connectivity index is 1.79. The van der Waals surface area contributed by atoms with Crippen LogP contribution in [0.2, 0.25) is 0 Å². The Morgan fingerprint density at radius 1 is 1.43 bits per heavy atom. The second-order valence-electron chi connectivity index (χ2n) is 5.90. The van der Waals surface area contributed by atoms with Crippen molar-refractivity contribution in [1.29, 1.82) is 0 Å². The number of rotatable bonds is 7. The summed E-state index contributed by atoms with van der Waals surface area (Å²) in [6.45, 7) is 4.32. The van der Waals surface area contributed by atoms with E-state index in [1.165, 1.54) is 4.88 Å². The molecule has 0 aliphatic heterocycles. The topological polar surface area (TPSA) is 58.4 Å². The summed E-state index contributed by atoms with van der Waals surface area (Å²) >= 11 is 1.68. The van der Waals surface area contributed by atoms with Gasteiger partial charge in [-0.3, -0.25) is 9.69 Å². The Labute approximate surface area is 131 Å². The van der Waals surface area contributed by atoms with E-state index in [1.54, 1.807) is 11.3 Å². The SMILES string of the molecule is CCCN(CC(=O)NCc1cccs1)C1CCC(N)CC1. The number of hydrogen-bond acceptors (Lipinski definition) is 4. The summed E-state index contributed by atoms with van der Waals surface area (Å²) in [5.41, 5.74) is 5.98. The molecular formula is C16H27N3OS. The monoisotopic (exact) mass is 309 g/mol. The van der Waals surface area contributed by atoms with Crippen molar-refractivity contribution in [3.8, 4) is 0 Å². The predicted octanol–water partition coefficient (Wildman–Crippen LogP) is 2.35. The van der Waals surface area contributed by atoms with Crippen LogP contribution in [0.3, 0.4) is 0 Å². The number of hydrogen-bond donors (Lipinski definition) is 2. The van der Waals surface area contributed by atoms with Gasteiger partial charge in [-0.05, 0) is 50.1 Å². The smallest absolute Gasteiger partial charge is 0.234 e. The second kappa shape index (κ2) is 8.51. The van der Waals surface area contributed by atoms with Crippen LogP contribution in [-0.2, 0) is 11.3 Å². The maximum Gasteiger partial charge on any atom is 0.234 e. The largest absolute Gasteiger partial charge is 0.350 e. The highest BCUT2D eigenvalue weighted by atomic mass is 32.1. The third-order valence-corrected chi connectivity index (χ3v) is 5.03. The van der Waals surface area contributed by atoms with E-state index in [0.29, 0.717) is 25.2 Å². The molecule has 0 spiro atoms. The fourth-order valence-electron chi connectivity index (χ4n) is 2.98. The van der Waals surface area contributed by atoms with Gasteiger partial charge in [-0.2, -0.15) is 0 Å². The minimum absolute atomic E-state index is 0.131. The zero-order valence-corrected chi connectivity index (χ0v) is 13.7. The van der Waals surface area contributed by atoms with Crippen LogP contribution in [0.15, 0.2) is 17.5 Å². The molecule has 1 heterocycles. The van der Waals surface area contributed by atoms with E-state index in [1.807, 2.05) is 11.4 Å². The second-order valence-corrected chi connectivity index (χ2v) is 6.93.